The van der Waals surface area contributed by atoms with Crippen LogP contribution in [0.15, 0.2) is 4.47 Å². The van der Waals surface area contributed by atoms with Gasteiger partial charge in [0.05, 0.1) is 23.4 Å². The van der Waals surface area contributed by atoms with E-state index in [1.165, 1.54) is 31.4 Å². The van der Waals surface area contributed by atoms with Gasteiger partial charge in [-0.3, -0.25) is 0 Å². The van der Waals surface area contributed by atoms with Crippen LogP contribution in [0, 0.1) is 0 Å². The van der Waals surface area contributed by atoms with Crippen LogP contribution in [0.5, 0.6) is 0 Å². The van der Waals surface area contributed by atoms with Crippen LogP contribution in [-0.4, -0.2) is 43.3 Å². The highest BCUT2D eigenvalue weighted by Crippen LogP contribution is 2.39. The minimum atomic E-state index is 0.569. The van der Waals surface area contributed by atoms with Crippen molar-refractivity contribution in [2.24, 2.45) is 0 Å². The summed E-state index contributed by atoms with van der Waals surface area (Å²) in [7, 11) is 1.91. The molecule has 0 amide bonds. The molecule has 2 aliphatic rings. The van der Waals surface area contributed by atoms with E-state index in [4.69, 9.17) is 9.72 Å². The lowest BCUT2D eigenvalue weighted by atomic mass is 10.0. The smallest absolute Gasteiger partial charge is 0.227 e. The third-order valence-electron chi connectivity index (χ3n) is 4.14. The molecule has 1 saturated heterocycles. The van der Waals surface area contributed by atoms with Crippen molar-refractivity contribution in [1.82, 2.24) is 9.97 Å². The lowest BCUT2D eigenvalue weighted by Crippen LogP contribution is -2.37. The van der Waals surface area contributed by atoms with Crippen LogP contribution in [0.1, 0.15) is 37.3 Å². The fourth-order valence-corrected chi connectivity index (χ4v) is 3.69. The summed E-state index contributed by atoms with van der Waals surface area (Å²) in [4.78, 5) is 11.7. The zero-order valence-electron chi connectivity index (χ0n) is 11.9. The predicted octanol–water partition coefficient (Wildman–Crippen LogP) is 2.78. The molecule has 20 heavy (non-hydrogen) atoms. The topological polar surface area (TPSA) is 50.3 Å². The number of anilines is 2. The molecule has 0 unspecified atom stereocenters. The van der Waals surface area contributed by atoms with Crippen molar-refractivity contribution in [1.29, 1.82) is 0 Å². The average Bonchev–Trinajstić information content (AvgIpc) is 3.02. The van der Waals surface area contributed by atoms with E-state index in [1.807, 2.05) is 7.05 Å². The van der Waals surface area contributed by atoms with E-state index in [0.717, 1.165) is 42.5 Å². The van der Waals surface area contributed by atoms with Crippen molar-refractivity contribution in [2.45, 2.75) is 31.6 Å². The van der Waals surface area contributed by atoms with Crippen molar-refractivity contribution in [2.75, 3.05) is 43.6 Å². The number of ether oxygens (including phenoxy) is 1. The fourth-order valence-electron chi connectivity index (χ4n) is 2.99. The number of nitrogens with zero attached hydrogens (tertiary/aromatic N) is 3. The number of aromatic nitrogens is 2. The van der Waals surface area contributed by atoms with Crippen molar-refractivity contribution >= 4 is 27.7 Å². The van der Waals surface area contributed by atoms with E-state index < -0.39 is 0 Å². The predicted molar refractivity (Wildman–Crippen MR) is 83.5 cm³/mol. The van der Waals surface area contributed by atoms with Gasteiger partial charge in [-0.1, -0.05) is 12.8 Å². The number of hydrogen-bond donors (Lipinski definition) is 1. The Labute approximate surface area is 128 Å². The first kappa shape index (κ1) is 14.1. The van der Waals surface area contributed by atoms with Crippen molar-refractivity contribution in [3.8, 4) is 0 Å². The zero-order chi connectivity index (χ0) is 13.9. The van der Waals surface area contributed by atoms with E-state index >= 15 is 0 Å². The molecule has 1 aliphatic heterocycles. The molecule has 0 spiro atoms. The van der Waals surface area contributed by atoms with Gasteiger partial charge in [-0.2, -0.15) is 4.98 Å². The highest BCUT2D eigenvalue weighted by Gasteiger charge is 2.25. The largest absolute Gasteiger partial charge is 0.378 e. The van der Waals surface area contributed by atoms with Gasteiger partial charge in [0.15, 0.2) is 0 Å². The van der Waals surface area contributed by atoms with Crippen LogP contribution >= 0.6 is 15.9 Å². The van der Waals surface area contributed by atoms with Gasteiger partial charge in [-0.25, -0.2) is 4.98 Å². The van der Waals surface area contributed by atoms with Gasteiger partial charge in [-0.15, -0.1) is 0 Å². The first-order valence-electron chi connectivity index (χ1n) is 7.37. The molecule has 2 fully saturated rings. The number of hydrogen-bond acceptors (Lipinski definition) is 5. The Kier molecular flexibility index (Phi) is 4.41. The molecular weight excluding hydrogens is 320 g/mol. The Morgan fingerprint density at radius 1 is 1.20 bits per heavy atom. The fraction of sp³-hybridized carbons (Fsp3) is 0.714. The number of halogens is 1. The van der Waals surface area contributed by atoms with Crippen LogP contribution in [0.25, 0.3) is 0 Å². The summed E-state index contributed by atoms with van der Waals surface area (Å²) in [6.45, 7) is 3.25. The van der Waals surface area contributed by atoms with Gasteiger partial charge in [0, 0.05) is 26.1 Å². The molecule has 3 rings (SSSR count). The van der Waals surface area contributed by atoms with E-state index in [2.05, 4.69) is 31.1 Å². The van der Waals surface area contributed by atoms with Gasteiger partial charge < -0.3 is 15.0 Å². The maximum Gasteiger partial charge on any atom is 0.227 e. The van der Waals surface area contributed by atoms with Gasteiger partial charge in [0.2, 0.25) is 5.95 Å². The van der Waals surface area contributed by atoms with E-state index in [-0.39, 0.29) is 0 Å². The summed E-state index contributed by atoms with van der Waals surface area (Å²) < 4.78 is 6.44. The molecule has 1 N–H and O–H groups in total. The second-order valence-electron chi connectivity index (χ2n) is 5.40. The SMILES string of the molecule is CNc1nc(N2CCOCC2)nc(C2CCCC2)c1Br. The maximum absolute atomic E-state index is 5.41. The minimum absolute atomic E-state index is 0.569. The Bertz CT molecular complexity index is 470. The number of nitrogens with one attached hydrogen (secondary N) is 1. The highest BCUT2D eigenvalue weighted by atomic mass is 79.9. The Hall–Kier alpha value is -0.880. The maximum atomic E-state index is 5.41. The van der Waals surface area contributed by atoms with Gasteiger partial charge in [0.25, 0.3) is 0 Å². The van der Waals surface area contributed by atoms with E-state index in [0.29, 0.717) is 5.92 Å². The Morgan fingerprint density at radius 2 is 1.90 bits per heavy atom. The average molecular weight is 341 g/mol. The molecule has 0 radical (unpaired) electrons. The first-order chi connectivity index (χ1) is 9.79. The molecule has 2 heterocycles. The Balaban J connectivity index is 1.95. The summed E-state index contributed by atoms with van der Waals surface area (Å²) >= 11 is 3.68. The van der Waals surface area contributed by atoms with Crippen LogP contribution < -0.4 is 10.2 Å². The van der Waals surface area contributed by atoms with Crippen LogP contribution in [0.2, 0.25) is 0 Å². The molecular formula is C14H21BrN4O. The van der Waals surface area contributed by atoms with E-state index in [9.17, 15) is 0 Å². The summed E-state index contributed by atoms with van der Waals surface area (Å²) in [6.07, 6.45) is 5.09. The van der Waals surface area contributed by atoms with Crippen molar-refractivity contribution in [3.63, 3.8) is 0 Å². The van der Waals surface area contributed by atoms with Gasteiger partial charge >= 0.3 is 0 Å². The standard InChI is InChI=1S/C14H21BrN4O/c1-16-13-11(15)12(10-4-2-3-5-10)17-14(18-13)19-6-8-20-9-7-19/h10H,2-9H2,1H3,(H,16,17,18). The first-order valence-corrected chi connectivity index (χ1v) is 8.16. The third kappa shape index (κ3) is 2.76. The van der Waals surface area contributed by atoms with Crippen LogP contribution in [-0.2, 0) is 4.74 Å². The molecule has 5 nitrogen and oxygen atoms in total. The highest BCUT2D eigenvalue weighted by molar-refractivity contribution is 9.10. The molecule has 1 aliphatic carbocycles. The molecule has 0 bridgehead atoms. The van der Waals surface area contributed by atoms with Crippen LogP contribution in [0.3, 0.4) is 0 Å². The summed E-state index contributed by atoms with van der Waals surface area (Å²) in [5.41, 5.74) is 1.17. The second kappa shape index (κ2) is 6.26. The van der Waals surface area contributed by atoms with Crippen molar-refractivity contribution < 1.29 is 4.74 Å². The lowest BCUT2D eigenvalue weighted by molar-refractivity contribution is 0.122. The minimum Gasteiger partial charge on any atom is -0.378 e. The zero-order valence-corrected chi connectivity index (χ0v) is 13.4. The number of rotatable bonds is 3. The Morgan fingerprint density at radius 3 is 2.55 bits per heavy atom. The molecule has 0 aromatic carbocycles. The monoisotopic (exact) mass is 340 g/mol. The number of morpholine rings is 1. The third-order valence-corrected chi connectivity index (χ3v) is 4.92. The van der Waals surface area contributed by atoms with Crippen LogP contribution in [0.4, 0.5) is 11.8 Å². The van der Waals surface area contributed by atoms with E-state index in [1.54, 1.807) is 0 Å². The summed E-state index contributed by atoms with van der Waals surface area (Å²) in [5, 5.41) is 3.18. The molecule has 6 heteroatoms. The molecule has 1 aromatic rings. The second-order valence-corrected chi connectivity index (χ2v) is 6.20. The molecule has 1 aromatic heterocycles. The quantitative estimate of drug-likeness (QED) is 0.916. The molecule has 110 valence electrons. The summed E-state index contributed by atoms with van der Waals surface area (Å²) in [6, 6.07) is 0. The normalized spacial score (nSPS) is 20.4. The van der Waals surface area contributed by atoms with Gasteiger partial charge in [0.1, 0.15) is 5.82 Å². The van der Waals surface area contributed by atoms with Gasteiger partial charge in [-0.05, 0) is 28.8 Å². The van der Waals surface area contributed by atoms with Crippen molar-refractivity contribution in [3.05, 3.63) is 10.2 Å². The molecule has 0 atom stereocenters. The molecule has 1 saturated carbocycles. The summed E-state index contributed by atoms with van der Waals surface area (Å²) in [5.74, 6) is 2.30. The lowest BCUT2D eigenvalue weighted by Gasteiger charge is -2.28.